The van der Waals surface area contributed by atoms with Crippen molar-refractivity contribution in [3.05, 3.63) is 40.9 Å². The lowest BCUT2D eigenvalue weighted by atomic mass is 9.87. The third-order valence-electron chi connectivity index (χ3n) is 3.95. The molecule has 0 aromatic heterocycles. The number of hydrogen-bond donors (Lipinski definition) is 2. The smallest absolute Gasteiger partial charge is 0.121 e. The molecule has 2 aromatic carbocycles. The van der Waals surface area contributed by atoms with Gasteiger partial charge in [0.1, 0.15) is 5.75 Å². The average Bonchev–Trinajstić information content (AvgIpc) is 2.77. The summed E-state index contributed by atoms with van der Waals surface area (Å²) in [7, 11) is 0. The third-order valence-corrected chi connectivity index (χ3v) is 4.18. The largest absolute Gasteiger partial charge is 0.508 e. The maximum absolute atomic E-state index is 10.2. The van der Waals surface area contributed by atoms with Crippen molar-refractivity contribution in [2.75, 3.05) is 0 Å². The second kappa shape index (κ2) is 4.15. The van der Waals surface area contributed by atoms with Gasteiger partial charge in [-0.25, -0.2) is 0 Å². The molecule has 0 radical (unpaired) electrons. The molecule has 0 spiro atoms. The first-order valence-corrected chi connectivity index (χ1v) is 6.68. The predicted molar refractivity (Wildman–Crippen MR) is 75.0 cm³/mol. The van der Waals surface area contributed by atoms with Crippen molar-refractivity contribution in [1.82, 2.24) is 0 Å². The van der Waals surface area contributed by atoms with Crippen LogP contribution >= 0.6 is 11.6 Å². The van der Waals surface area contributed by atoms with Crippen molar-refractivity contribution in [3.63, 3.8) is 0 Å². The molecule has 0 amide bonds. The van der Waals surface area contributed by atoms with E-state index in [1.807, 2.05) is 24.3 Å². The molecule has 0 saturated heterocycles. The van der Waals surface area contributed by atoms with Crippen LogP contribution in [0.3, 0.4) is 0 Å². The van der Waals surface area contributed by atoms with Crippen LogP contribution in [-0.2, 0) is 5.54 Å². The van der Waals surface area contributed by atoms with Gasteiger partial charge in [0, 0.05) is 16.1 Å². The summed E-state index contributed by atoms with van der Waals surface area (Å²) in [5.41, 5.74) is 6.90. The van der Waals surface area contributed by atoms with Gasteiger partial charge in [0.2, 0.25) is 0 Å². The zero-order valence-electron chi connectivity index (χ0n) is 10.1. The van der Waals surface area contributed by atoms with E-state index in [1.54, 1.807) is 6.07 Å². The van der Waals surface area contributed by atoms with Crippen molar-refractivity contribution in [2.45, 2.75) is 31.2 Å². The molecule has 0 atom stereocenters. The maximum Gasteiger partial charge on any atom is 0.121 e. The highest BCUT2D eigenvalue weighted by atomic mass is 35.5. The van der Waals surface area contributed by atoms with Crippen molar-refractivity contribution in [2.24, 2.45) is 5.73 Å². The Morgan fingerprint density at radius 1 is 1.06 bits per heavy atom. The average molecular weight is 262 g/mol. The summed E-state index contributed by atoms with van der Waals surface area (Å²) >= 11 is 6.01. The van der Waals surface area contributed by atoms with E-state index in [4.69, 9.17) is 17.3 Å². The summed E-state index contributed by atoms with van der Waals surface area (Å²) in [5.74, 6) is 0.300. The Morgan fingerprint density at radius 2 is 1.78 bits per heavy atom. The molecular formula is C15H16ClNO. The van der Waals surface area contributed by atoms with Gasteiger partial charge in [-0.05, 0) is 47.9 Å². The summed E-state index contributed by atoms with van der Waals surface area (Å²) in [5, 5.41) is 12.9. The van der Waals surface area contributed by atoms with Crippen LogP contribution < -0.4 is 5.73 Å². The van der Waals surface area contributed by atoms with Crippen molar-refractivity contribution in [1.29, 1.82) is 0 Å². The fraction of sp³-hybridized carbons (Fsp3) is 0.333. The molecule has 1 saturated carbocycles. The first-order valence-electron chi connectivity index (χ1n) is 6.30. The van der Waals surface area contributed by atoms with Crippen LogP contribution in [0.4, 0.5) is 0 Å². The second-order valence-electron chi connectivity index (χ2n) is 5.22. The molecule has 2 aromatic rings. The van der Waals surface area contributed by atoms with Crippen LogP contribution in [0.5, 0.6) is 5.75 Å². The van der Waals surface area contributed by atoms with Crippen LogP contribution in [0.2, 0.25) is 5.02 Å². The highest BCUT2D eigenvalue weighted by molar-refractivity contribution is 6.31. The predicted octanol–water partition coefficient (Wildman–Crippen LogP) is 3.93. The van der Waals surface area contributed by atoms with Gasteiger partial charge in [-0.15, -0.1) is 0 Å². The van der Waals surface area contributed by atoms with E-state index in [0.717, 1.165) is 42.0 Å². The van der Waals surface area contributed by atoms with E-state index >= 15 is 0 Å². The number of hydrogen-bond acceptors (Lipinski definition) is 2. The zero-order valence-corrected chi connectivity index (χ0v) is 10.9. The summed E-state index contributed by atoms with van der Waals surface area (Å²) in [6.07, 6.45) is 4.13. The quantitative estimate of drug-likeness (QED) is 0.817. The van der Waals surface area contributed by atoms with Crippen molar-refractivity contribution in [3.8, 4) is 5.75 Å². The van der Waals surface area contributed by atoms with E-state index in [1.165, 1.54) is 0 Å². The molecule has 0 bridgehead atoms. The van der Waals surface area contributed by atoms with Gasteiger partial charge in [0.15, 0.2) is 0 Å². The maximum atomic E-state index is 10.2. The molecule has 1 aliphatic carbocycles. The summed E-state index contributed by atoms with van der Waals surface area (Å²) in [6, 6.07) is 9.43. The van der Waals surface area contributed by atoms with Crippen LogP contribution in [0.1, 0.15) is 31.2 Å². The molecule has 3 rings (SSSR count). The van der Waals surface area contributed by atoms with E-state index in [0.29, 0.717) is 10.8 Å². The normalized spacial score (nSPS) is 18.3. The van der Waals surface area contributed by atoms with E-state index in [9.17, 15) is 5.11 Å². The van der Waals surface area contributed by atoms with Crippen LogP contribution in [0.15, 0.2) is 30.3 Å². The Labute approximate surface area is 111 Å². The SMILES string of the molecule is NC1(c2cc3cc(Cl)ccc3cc2O)CCCC1. The van der Waals surface area contributed by atoms with Crippen LogP contribution in [0, 0.1) is 0 Å². The number of phenolic OH excluding ortho intramolecular Hbond substituents is 1. The van der Waals surface area contributed by atoms with Gasteiger partial charge >= 0.3 is 0 Å². The number of rotatable bonds is 1. The molecule has 0 heterocycles. The molecule has 3 N–H and O–H groups in total. The number of halogens is 1. The minimum atomic E-state index is -0.374. The number of benzene rings is 2. The first kappa shape index (κ1) is 11.8. The van der Waals surface area contributed by atoms with Gasteiger partial charge in [0.05, 0.1) is 0 Å². The molecule has 1 aliphatic rings. The summed E-state index contributed by atoms with van der Waals surface area (Å²) in [4.78, 5) is 0. The molecule has 1 fully saturated rings. The summed E-state index contributed by atoms with van der Waals surface area (Å²) < 4.78 is 0. The van der Waals surface area contributed by atoms with Gasteiger partial charge in [-0.2, -0.15) is 0 Å². The molecule has 0 unspecified atom stereocenters. The number of aromatic hydroxyl groups is 1. The monoisotopic (exact) mass is 261 g/mol. The van der Waals surface area contributed by atoms with Gasteiger partial charge < -0.3 is 10.8 Å². The minimum Gasteiger partial charge on any atom is -0.508 e. The van der Waals surface area contributed by atoms with E-state index in [-0.39, 0.29) is 5.54 Å². The lowest BCUT2D eigenvalue weighted by molar-refractivity contribution is 0.410. The molecule has 94 valence electrons. The van der Waals surface area contributed by atoms with Gasteiger partial charge in [-0.1, -0.05) is 30.5 Å². The summed E-state index contributed by atoms with van der Waals surface area (Å²) in [6.45, 7) is 0. The van der Waals surface area contributed by atoms with E-state index < -0.39 is 0 Å². The lowest BCUT2D eigenvalue weighted by Gasteiger charge is -2.25. The third kappa shape index (κ3) is 1.86. The molecule has 0 aliphatic heterocycles. The molecule has 18 heavy (non-hydrogen) atoms. The highest BCUT2D eigenvalue weighted by Gasteiger charge is 2.33. The van der Waals surface area contributed by atoms with Crippen LogP contribution in [0.25, 0.3) is 10.8 Å². The molecular weight excluding hydrogens is 246 g/mol. The van der Waals surface area contributed by atoms with Gasteiger partial charge in [-0.3, -0.25) is 0 Å². The second-order valence-corrected chi connectivity index (χ2v) is 5.66. The zero-order chi connectivity index (χ0) is 12.8. The Morgan fingerprint density at radius 3 is 2.50 bits per heavy atom. The Balaban J connectivity index is 2.20. The Bertz CT molecular complexity index is 603. The molecule has 3 heteroatoms. The standard InChI is InChI=1S/C15H16ClNO/c16-12-4-3-10-9-14(18)13(8-11(10)7-12)15(17)5-1-2-6-15/h3-4,7-9,18H,1-2,5-6,17H2. The van der Waals surface area contributed by atoms with Crippen molar-refractivity contribution < 1.29 is 5.11 Å². The van der Waals surface area contributed by atoms with Crippen LogP contribution in [-0.4, -0.2) is 5.11 Å². The minimum absolute atomic E-state index is 0.300. The number of fused-ring (bicyclic) bond motifs is 1. The lowest BCUT2D eigenvalue weighted by Crippen LogP contribution is -2.33. The fourth-order valence-corrected chi connectivity index (χ4v) is 3.11. The first-order chi connectivity index (χ1) is 8.58. The highest BCUT2D eigenvalue weighted by Crippen LogP contribution is 2.41. The van der Waals surface area contributed by atoms with Crippen molar-refractivity contribution >= 4 is 22.4 Å². The number of nitrogens with two attached hydrogens (primary N) is 1. The molecule has 2 nitrogen and oxygen atoms in total. The van der Waals surface area contributed by atoms with Gasteiger partial charge in [0.25, 0.3) is 0 Å². The van der Waals surface area contributed by atoms with E-state index in [2.05, 4.69) is 0 Å². The topological polar surface area (TPSA) is 46.2 Å². The Kier molecular flexibility index (Phi) is 2.72. The number of phenols is 1. The fourth-order valence-electron chi connectivity index (χ4n) is 2.93. The Hall–Kier alpha value is -1.25.